The molecule has 1 aliphatic carbocycles. The first-order valence-corrected chi connectivity index (χ1v) is 10.8. The highest BCUT2D eigenvalue weighted by Gasteiger charge is 2.21. The van der Waals surface area contributed by atoms with Crippen LogP contribution in [0.15, 0.2) is 84.9 Å². The Labute approximate surface area is 183 Å². The van der Waals surface area contributed by atoms with Gasteiger partial charge in [0, 0.05) is 23.0 Å². The number of likely N-dealkylation sites (N-methyl/N-ethyl adjacent to an activating group) is 1. The molecule has 0 heterocycles. The van der Waals surface area contributed by atoms with Gasteiger partial charge in [-0.1, -0.05) is 72.3 Å². The third kappa shape index (κ3) is 4.72. The van der Waals surface area contributed by atoms with Crippen molar-refractivity contribution in [2.45, 2.75) is 18.8 Å². The molecule has 0 aromatic heterocycles. The lowest BCUT2D eigenvalue weighted by Gasteiger charge is -2.18. The monoisotopic (exact) mass is 415 g/mol. The zero-order chi connectivity index (χ0) is 20.9. The number of nitrogens with zero attached hydrogens (tertiary/aromatic N) is 1. The topological polar surface area (TPSA) is 20.3 Å². The van der Waals surface area contributed by atoms with Gasteiger partial charge >= 0.3 is 0 Å². The second-order valence-corrected chi connectivity index (χ2v) is 8.37. The molecule has 0 atom stereocenters. The van der Waals surface area contributed by atoms with Gasteiger partial charge in [-0.15, -0.1) is 0 Å². The molecule has 3 aromatic carbocycles. The molecule has 3 heteroatoms. The number of Topliss-reactive ketones (excluding diaryl/α,β-unsaturated/α-hetero) is 1. The van der Waals surface area contributed by atoms with Gasteiger partial charge in [-0.3, -0.25) is 9.69 Å². The van der Waals surface area contributed by atoms with Crippen molar-refractivity contribution in [3.63, 3.8) is 0 Å². The van der Waals surface area contributed by atoms with E-state index in [0.29, 0.717) is 17.1 Å². The van der Waals surface area contributed by atoms with E-state index in [1.807, 2.05) is 11.9 Å². The maximum absolute atomic E-state index is 12.5. The molecule has 1 aliphatic rings. The fourth-order valence-electron chi connectivity index (χ4n) is 4.19. The number of hydrogen-bond donors (Lipinski definition) is 0. The molecule has 30 heavy (non-hydrogen) atoms. The first-order chi connectivity index (χ1) is 14.6. The van der Waals surface area contributed by atoms with E-state index in [-0.39, 0.29) is 11.7 Å². The molecule has 0 fully saturated rings. The molecule has 0 unspecified atom stereocenters. The number of rotatable bonds is 6. The van der Waals surface area contributed by atoms with Gasteiger partial charge in [-0.25, -0.2) is 0 Å². The number of aryl methyl sites for hydroxylation is 2. The summed E-state index contributed by atoms with van der Waals surface area (Å²) in [6.45, 7) is 1.10. The Hall–Kier alpha value is -2.68. The van der Waals surface area contributed by atoms with E-state index in [0.717, 1.165) is 19.4 Å². The van der Waals surface area contributed by atoms with Crippen LogP contribution in [0.5, 0.6) is 0 Å². The van der Waals surface area contributed by atoms with E-state index in [1.165, 1.54) is 22.3 Å². The van der Waals surface area contributed by atoms with Crippen molar-refractivity contribution in [1.82, 2.24) is 4.90 Å². The summed E-state index contributed by atoms with van der Waals surface area (Å²) in [5.74, 6) is 0.355. The van der Waals surface area contributed by atoms with Crippen LogP contribution < -0.4 is 0 Å². The fourth-order valence-corrected chi connectivity index (χ4v) is 4.31. The lowest BCUT2D eigenvalue weighted by Crippen LogP contribution is -2.26. The minimum atomic E-state index is 0.104. The number of benzene rings is 3. The average molecular weight is 416 g/mol. The Balaban J connectivity index is 1.48. The van der Waals surface area contributed by atoms with Crippen molar-refractivity contribution >= 4 is 17.4 Å². The van der Waals surface area contributed by atoms with Crippen LogP contribution in [0.4, 0.5) is 0 Å². The maximum Gasteiger partial charge on any atom is 0.176 e. The van der Waals surface area contributed by atoms with Gasteiger partial charge in [-0.2, -0.15) is 0 Å². The minimum absolute atomic E-state index is 0.104. The summed E-state index contributed by atoms with van der Waals surface area (Å²) in [7, 11) is 1.98. The van der Waals surface area contributed by atoms with Gasteiger partial charge < -0.3 is 0 Å². The van der Waals surface area contributed by atoms with Crippen molar-refractivity contribution < 1.29 is 4.79 Å². The van der Waals surface area contributed by atoms with Crippen LogP contribution in [0.2, 0.25) is 5.02 Å². The van der Waals surface area contributed by atoms with E-state index >= 15 is 0 Å². The zero-order valence-corrected chi connectivity index (χ0v) is 18.0. The van der Waals surface area contributed by atoms with Crippen molar-refractivity contribution in [1.29, 1.82) is 0 Å². The van der Waals surface area contributed by atoms with Gasteiger partial charge in [0.05, 0.1) is 6.54 Å². The molecule has 0 saturated carbocycles. The van der Waals surface area contributed by atoms with E-state index < -0.39 is 0 Å². The minimum Gasteiger partial charge on any atom is -0.295 e. The second kappa shape index (κ2) is 9.42. The molecule has 4 rings (SSSR count). The van der Waals surface area contributed by atoms with Crippen LogP contribution in [0.25, 0.3) is 0 Å². The van der Waals surface area contributed by atoms with Crippen LogP contribution >= 0.6 is 11.6 Å². The molecular weight excluding hydrogens is 390 g/mol. The number of carbonyl (C=O) groups is 1. The third-order valence-electron chi connectivity index (χ3n) is 5.77. The third-order valence-corrected chi connectivity index (χ3v) is 6.02. The molecule has 2 nitrogen and oxygen atoms in total. The first kappa shape index (κ1) is 20.6. The summed E-state index contributed by atoms with van der Waals surface area (Å²) in [6.07, 6.45) is 6.64. The summed E-state index contributed by atoms with van der Waals surface area (Å²) >= 11 is 5.92. The standard InChI is InChI=1S/C27H26ClNO/c1-29(19-27(30)22-14-16-23(28)17-15-22)18-6-11-26-24-9-4-2-7-20(24)12-13-21-8-3-5-10-25(21)26/h2-11,14-17,26H,12-13,18-19H2,1H3/b11-6+. The Morgan fingerprint density at radius 2 is 1.50 bits per heavy atom. The van der Waals surface area contributed by atoms with Gasteiger partial charge in [0.2, 0.25) is 0 Å². The molecular formula is C27H26ClNO. The van der Waals surface area contributed by atoms with Gasteiger partial charge in [-0.05, 0) is 66.4 Å². The van der Waals surface area contributed by atoms with Crippen molar-refractivity contribution in [3.8, 4) is 0 Å². The lowest BCUT2D eigenvalue weighted by molar-refractivity contribution is 0.0952. The fraction of sp³-hybridized carbons (Fsp3) is 0.222. The van der Waals surface area contributed by atoms with E-state index in [1.54, 1.807) is 24.3 Å². The maximum atomic E-state index is 12.5. The number of carbonyl (C=O) groups excluding carboxylic acids is 1. The van der Waals surface area contributed by atoms with Crippen molar-refractivity contribution in [2.75, 3.05) is 20.1 Å². The molecule has 152 valence electrons. The first-order valence-electron chi connectivity index (χ1n) is 10.4. The van der Waals surface area contributed by atoms with Crippen LogP contribution in [0.1, 0.15) is 38.5 Å². The van der Waals surface area contributed by atoms with Gasteiger partial charge in [0.15, 0.2) is 5.78 Å². The quantitative estimate of drug-likeness (QED) is 0.366. The van der Waals surface area contributed by atoms with Crippen molar-refractivity contribution in [3.05, 3.63) is 118 Å². The Kier molecular flexibility index (Phi) is 6.47. The Morgan fingerprint density at radius 1 is 0.933 bits per heavy atom. The molecule has 3 aromatic rings. The Morgan fingerprint density at radius 3 is 2.10 bits per heavy atom. The number of allylic oxidation sites excluding steroid dienone is 1. The number of halogens is 1. The molecule has 0 N–H and O–H groups in total. The molecule has 0 radical (unpaired) electrons. The van der Waals surface area contributed by atoms with E-state index in [9.17, 15) is 4.79 Å². The van der Waals surface area contributed by atoms with Crippen LogP contribution in [0, 0.1) is 0 Å². The largest absolute Gasteiger partial charge is 0.295 e. The number of fused-ring (bicyclic) bond motifs is 2. The second-order valence-electron chi connectivity index (χ2n) is 7.93. The van der Waals surface area contributed by atoms with E-state index in [4.69, 9.17) is 11.6 Å². The summed E-state index contributed by atoms with van der Waals surface area (Å²) in [4.78, 5) is 14.5. The van der Waals surface area contributed by atoms with Crippen molar-refractivity contribution in [2.24, 2.45) is 0 Å². The highest BCUT2D eigenvalue weighted by Crippen LogP contribution is 2.35. The summed E-state index contributed by atoms with van der Waals surface area (Å²) in [5.41, 5.74) is 6.32. The zero-order valence-electron chi connectivity index (χ0n) is 17.2. The Bertz CT molecular complexity index is 1010. The summed E-state index contributed by atoms with van der Waals surface area (Å²) < 4.78 is 0. The van der Waals surface area contributed by atoms with Gasteiger partial charge in [0.25, 0.3) is 0 Å². The molecule has 0 saturated heterocycles. The predicted octanol–water partition coefficient (Wildman–Crippen LogP) is 5.94. The van der Waals surface area contributed by atoms with Crippen LogP contribution in [-0.2, 0) is 12.8 Å². The molecule has 0 bridgehead atoms. The molecule has 0 aliphatic heterocycles. The number of hydrogen-bond acceptors (Lipinski definition) is 2. The van der Waals surface area contributed by atoms with E-state index in [2.05, 4.69) is 60.7 Å². The summed E-state index contributed by atoms with van der Waals surface area (Å²) in [6, 6.07) is 24.6. The summed E-state index contributed by atoms with van der Waals surface area (Å²) in [5, 5.41) is 0.645. The predicted molar refractivity (Wildman–Crippen MR) is 125 cm³/mol. The van der Waals surface area contributed by atoms with Gasteiger partial charge in [0.1, 0.15) is 0 Å². The SMILES string of the molecule is CN(C/C=C/C1c2ccccc2CCc2ccccc21)CC(=O)c1ccc(Cl)cc1. The average Bonchev–Trinajstić information content (AvgIpc) is 2.91. The van der Waals surface area contributed by atoms with Crippen LogP contribution in [0.3, 0.4) is 0 Å². The number of ketones is 1. The molecule has 0 spiro atoms. The smallest absolute Gasteiger partial charge is 0.176 e. The normalized spacial score (nSPS) is 13.8. The highest BCUT2D eigenvalue weighted by atomic mass is 35.5. The van der Waals surface area contributed by atoms with Crippen LogP contribution in [-0.4, -0.2) is 30.8 Å². The highest BCUT2D eigenvalue weighted by molar-refractivity contribution is 6.30. The molecule has 0 amide bonds. The lowest BCUT2D eigenvalue weighted by atomic mass is 9.88.